The molecule has 0 bridgehead atoms. The Morgan fingerprint density at radius 3 is 2.37 bits per heavy atom. The molecule has 0 saturated heterocycles. The van der Waals surface area contributed by atoms with E-state index >= 15 is 0 Å². The summed E-state index contributed by atoms with van der Waals surface area (Å²) >= 11 is 0. The van der Waals surface area contributed by atoms with Gasteiger partial charge in [0.1, 0.15) is 0 Å². The molecule has 0 fully saturated rings. The molecule has 142 valence electrons. The number of para-hydroxylation sites is 1. The summed E-state index contributed by atoms with van der Waals surface area (Å²) in [5.41, 5.74) is 2.13. The molecule has 0 saturated carbocycles. The number of carbonyl (C=O) groups excluding carboxylic acids is 2. The summed E-state index contributed by atoms with van der Waals surface area (Å²) in [4.78, 5) is 26.9. The summed E-state index contributed by atoms with van der Waals surface area (Å²) in [7, 11) is -3.34. The summed E-state index contributed by atoms with van der Waals surface area (Å²) in [6.07, 6.45) is 0.895. The van der Waals surface area contributed by atoms with Gasteiger partial charge in [-0.15, -0.1) is 0 Å². The molecule has 2 atom stereocenters. The van der Waals surface area contributed by atoms with Gasteiger partial charge in [-0.2, -0.15) is 0 Å². The van der Waals surface area contributed by atoms with Crippen molar-refractivity contribution in [3.8, 4) is 0 Å². The van der Waals surface area contributed by atoms with Crippen LogP contribution in [0.4, 0.5) is 5.69 Å². The van der Waals surface area contributed by atoms with E-state index in [1.165, 1.54) is 24.3 Å². The second-order valence-electron chi connectivity index (χ2n) is 6.73. The van der Waals surface area contributed by atoms with Gasteiger partial charge < -0.3 is 9.64 Å². The fraction of sp³-hybridized carbons (Fsp3) is 0.300. The molecule has 1 amide bonds. The first-order valence-electron chi connectivity index (χ1n) is 8.60. The van der Waals surface area contributed by atoms with Gasteiger partial charge in [0, 0.05) is 18.0 Å². The number of rotatable bonds is 4. The quantitative estimate of drug-likeness (QED) is 0.754. The minimum absolute atomic E-state index is 0.00917. The van der Waals surface area contributed by atoms with Crippen LogP contribution in [0.1, 0.15) is 29.8 Å². The summed E-state index contributed by atoms with van der Waals surface area (Å²) < 4.78 is 28.3. The predicted molar refractivity (Wildman–Crippen MR) is 102 cm³/mol. The van der Waals surface area contributed by atoms with Crippen LogP contribution < -0.4 is 4.90 Å². The number of sulfone groups is 1. The molecule has 6 nitrogen and oxygen atoms in total. The lowest BCUT2D eigenvalue weighted by Crippen LogP contribution is -2.43. The largest absolute Gasteiger partial charge is 0.449 e. The van der Waals surface area contributed by atoms with E-state index in [9.17, 15) is 18.0 Å². The van der Waals surface area contributed by atoms with Gasteiger partial charge >= 0.3 is 5.97 Å². The summed E-state index contributed by atoms with van der Waals surface area (Å²) in [6, 6.07) is 13.1. The smallest absolute Gasteiger partial charge is 0.338 e. The van der Waals surface area contributed by atoms with Crippen molar-refractivity contribution in [1.82, 2.24) is 0 Å². The van der Waals surface area contributed by atoms with Gasteiger partial charge in [-0.3, -0.25) is 4.79 Å². The average molecular weight is 387 g/mol. The highest BCUT2D eigenvalue weighted by molar-refractivity contribution is 7.90. The van der Waals surface area contributed by atoms with E-state index in [0.29, 0.717) is 0 Å². The molecule has 3 rings (SSSR count). The highest BCUT2D eigenvalue weighted by Gasteiger charge is 2.34. The lowest BCUT2D eigenvalue weighted by molar-refractivity contribution is -0.126. The highest BCUT2D eigenvalue weighted by Crippen LogP contribution is 2.32. The first kappa shape index (κ1) is 19.1. The van der Waals surface area contributed by atoms with Gasteiger partial charge in [0.05, 0.1) is 10.5 Å². The Labute approximate surface area is 158 Å². The van der Waals surface area contributed by atoms with Crippen molar-refractivity contribution in [1.29, 1.82) is 0 Å². The fourth-order valence-corrected chi connectivity index (χ4v) is 3.84. The van der Waals surface area contributed by atoms with E-state index in [-0.39, 0.29) is 22.4 Å². The molecule has 0 radical (unpaired) electrons. The van der Waals surface area contributed by atoms with Crippen LogP contribution in [0.2, 0.25) is 0 Å². The Hall–Kier alpha value is -2.67. The minimum atomic E-state index is -3.34. The van der Waals surface area contributed by atoms with Gasteiger partial charge in [-0.05, 0) is 56.2 Å². The molecule has 0 aromatic heterocycles. The third-order valence-electron chi connectivity index (χ3n) is 4.59. The molecule has 27 heavy (non-hydrogen) atoms. The van der Waals surface area contributed by atoms with Crippen LogP contribution in [0, 0.1) is 0 Å². The molecule has 0 unspecified atom stereocenters. The van der Waals surface area contributed by atoms with Gasteiger partial charge in [0.2, 0.25) is 0 Å². The minimum Gasteiger partial charge on any atom is -0.449 e. The van der Waals surface area contributed by atoms with Crippen LogP contribution >= 0.6 is 0 Å². The number of nitrogens with zero attached hydrogens (tertiary/aromatic N) is 1. The Balaban J connectivity index is 1.72. The third-order valence-corrected chi connectivity index (χ3v) is 5.72. The van der Waals surface area contributed by atoms with Crippen LogP contribution in [-0.4, -0.2) is 38.7 Å². The Morgan fingerprint density at radius 2 is 1.74 bits per heavy atom. The topological polar surface area (TPSA) is 80.8 Å². The van der Waals surface area contributed by atoms with E-state index in [1.807, 2.05) is 31.2 Å². The van der Waals surface area contributed by atoms with Crippen LogP contribution in [0.15, 0.2) is 53.4 Å². The second-order valence-corrected chi connectivity index (χ2v) is 8.75. The molecular weight excluding hydrogens is 366 g/mol. The fourth-order valence-electron chi connectivity index (χ4n) is 3.21. The van der Waals surface area contributed by atoms with Crippen molar-refractivity contribution < 1.29 is 22.7 Å². The number of hydrogen-bond donors (Lipinski definition) is 0. The molecule has 2 aromatic rings. The van der Waals surface area contributed by atoms with Crippen molar-refractivity contribution in [2.75, 3.05) is 11.2 Å². The molecule has 2 aromatic carbocycles. The van der Waals surface area contributed by atoms with Crippen LogP contribution in [0.3, 0.4) is 0 Å². The van der Waals surface area contributed by atoms with Gasteiger partial charge in [0.25, 0.3) is 5.91 Å². The first-order valence-corrected chi connectivity index (χ1v) is 10.5. The maximum atomic E-state index is 12.8. The SMILES string of the molecule is C[C@@H]1Cc2ccccc2N1C(=O)[C@@H](C)OC(=O)c1ccc(S(C)(=O)=O)cc1. The number of amides is 1. The zero-order valence-corrected chi connectivity index (χ0v) is 16.2. The van der Waals surface area contributed by atoms with Crippen molar-refractivity contribution in [2.45, 2.75) is 37.3 Å². The first-order chi connectivity index (χ1) is 12.7. The molecule has 1 heterocycles. The number of carbonyl (C=O) groups is 2. The van der Waals surface area contributed by atoms with Crippen LogP contribution in [-0.2, 0) is 25.8 Å². The summed E-state index contributed by atoms with van der Waals surface area (Å²) in [6.45, 7) is 3.50. The molecule has 0 aliphatic carbocycles. The highest BCUT2D eigenvalue weighted by atomic mass is 32.2. The Kier molecular flexibility index (Phi) is 5.06. The predicted octanol–water partition coefficient (Wildman–Crippen LogP) is 2.61. The van der Waals surface area contributed by atoms with Crippen molar-refractivity contribution >= 4 is 27.4 Å². The zero-order valence-electron chi connectivity index (χ0n) is 15.4. The standard InChI is InChI=1S/C20H21NO5S/c1-13-12-16-6-4-5-7-18(16)21(13)19(22)14(2)26-20(23)15-8-10-17(11-9-15)27(3,24)25/h4-11,13-14H,12H2,1-3H3/t13-,14-/m1/s1. The number of fused-ring (bicyclic) bond motifs is 1. The maximum Gasteiger partial charge on any atom is 0.338 e. The van der Waals surface area contributed by atoms with Crippen LogP contribution in [0.5, 0.6) is 0 Å². The number of esters is 1. The average Bonchev–Trinajstić information content (AvgIpc) is 2.96. The van der Waals surface area contributed by atoms with E-state index < -0.39 is 21.9 Å². The van der Waals surface area contributed by atoms with Gasteiger partial charge in [0.15, 0.2) is 15.9 Å². The number of hydrogen-bond acceptors (Lipinski definition) is 5. The lowest BCUT2D eigenvalue weighted by Gasteiger charge is -2.25. The number of anilines is 1. The zero-order chi connectivity index (χ0) is 19.8. The summed E-state index contributed by atoms with van der Waals surface area (Å²) in [5.74, 6) is -0.954. The van der Waals surface area contributed by atoms with Crippen molar-refractivity contribution in [2.24, 2.45) is 0 Å². The van der Waals surface area contributed by atoms with E-state index in [1.54, 1.807) is 11.8 Å². The van der Waals surface area contributed by atoms with Gasteiger partial charge in [-0.25, -0.2) is 13.2 Å². The molecule has 0 spiro atoms. The second kappa shape index (κ2) is 7.15. The van der Waals surface area contributed by atoms with E-state index in [0.717, 1.165) is 23.9 Å². The van der Waals surface area contributed by atoms with Gasteiger partial charge in [-0.1, -0.05) is 18.2 Å². The molecular formula is C20H21NO5S. The number of benzene rings is 2. The number of ether oxygens (including phenoxy) is 1. The van der Waals surface area contributed by atoms with E-state index in [2.05, 4.69) is 0 Å². The molecule has 1 aliphatic rings. The molecule has 1 aliphatic heterocycles. The van der Waals surface area contributed by atoms with Crippen LogP contribution in [0.25, 0.3) is 0 Å². The maximum absolute atomic E-state index is 12.8. The molecule has 7 heteroatoms. The normalized spacial score (nSPS) is 17.3. The lowest BCUT2D eigenvalue weighted by atomic mass is 10.1. The van der Waals surface area contributed by atoms with Crippen molar-refractivity contribution in [3.63, 3.8) is 0 Å². The monoisotopic (exact) mass is 387 g/mol. The molecule has 0 N–H and O–H groups in total. The van der Waals surface area contributed by atoms with E-state index in [4.69, 9.17) is 4.74 Å². The van der Waals surface area contributed by atoms with Crippen molar-refractivity contribution in [3.05, 3.63) is 59.7 Å². The summed E-state index contributed by atoms with van der Waals surface area (Å²) in [5, 5.41) is 0. The third kappa shape index (κ3) is 3.88. The Bertz CT molecular complexity index is 982. The Morgan fingerprint density at radius 1 is 1.11 bits per heavy atom.